The van der Waals surface area contributed by atoms with Crippen molar-refractivity contribution in [1.29, 1.82) is 0 Å². The summed E-state index contributed by atoms with van der Waals surface area (Å²) in [5.74, 6) is 0.0256. The Bertz CT molecular complexity index is 1350. The minimum Gasteiger partial charge on any atom is -0.481 e. The molecule has 3 aromatic rings. The molecule has 0 saturated heterocycles. The Kier molecular flexibility index (Phi) is 8.52. The molecule has 0 bridgehead atoms. The van der Waals surface area contributed by atoms with Crippen LogP contribution in [0.4, 0.5) is 10.7 Å². The second-order valence-corrected chi connectivity index (χ2v) is 10.9. The van der Waals surface area contributed by atoms with Gasteiger partial charge in [-0.3, -0.25) is 9.59 Å². The fourth-order valence-corrected chi connectivity index (χ4v) is 5.96. The van der Waals surface area contributed by atoms with Crippen molar-refractivity contribution in [2.45, 2.75) is 60.0 Å². The minimum atomic E-state index is -0.734. The van der Waals surface area contributed by atoms with E-state index in [-0.39, 0.29) is 18.4 Å². The van der Waals surface area contributed by atoms with Crippen molar-refractivity contribution in [1.82, 2.24) is 0 Å². The third-order valence-electron chi connectivity index (χ3n) is 6.66. The monoisotopic (exact) mass is 534 g/mol. The Morgan fingerprint density at radius 3 is 2.50 bits per heavy atom. The molecular formula is C30H34N2O5S. The highest BCUT2D eigenvalue weighted by atomic mass is 32.1. The molecule has 0 saturated carbocycles. The summed E-state index contributed by atoms with van der Waals surface area (Å²) in [6.07, 6.45) is 1.97. The van der Waals surface area contributed by atoms with E-state index in [0.29, 0.717) is 27.8 Å². The van der Waals surface area contributed by atoms with Crippen molar-refractivity contribution >= 4 is 39.8 Å². The molecule has 8 heteroatoms. The third kappa shape index (κ3) is 6.25. The summed E-state index contributed by atoms with van der Waals surface area (Å²) < 4.78 is 11.1. The number of ether oxygens (including phenoxy) is 2. The molecule has 200 valence electrons. The first-order valence-electron chi connectivity index (χ1n) is 12.9. The second kappa shape index (κ2) is 11.8. The summed E-state index contributed by atoms with van der Waals surface area (Å²) in [5.41, 5.74) is 4.75. The van der Waals surface area contributed by atoms with E-state index in [0.717, 1.165) is 46.5 Å². The number of hydrogen-bond donors (Lipinski definition) is 2. The molecule has 0 unspecified atom stereocenters. The summed E-state index contributed by atoms with van der Waals surface area (Å²) in [7, 11) is 0. The maximum atomic E-state index is 13.1. The Balaban J connectivity index is 1.42. The Morgan fingerprint density at radius 2 is 1.82 bits per heavy atom. The number of fused-ring (bicyclic) bond motifs is 1. The van der Waals surface area contributed by atoms with Gasteiger partial charge in [-0.25, -0.2) is 4.79 Å². The van der Waals surface area contributed by atoms with Crippen molar-refractivity contribution in [3.8, 4) is 5.75 Å². The van der Waals surface area contributed by atoms with Gasteiger partial charge in [0.25, 0.3) is 11.8 Å². The van der Waals surface area contributed by atoms with Crippen LogP contribution >= 0.6 is 11.3 Å². The molecule has 2 N–H and O–H groups in total. The lowest BCUT2D eigenvalue weighted by Gasteiger charge is -2.18. The van der Waals surface area contributed by atoms with E-state index in [9.17, 15) is 14.4 Å². The van der Waals surface area contributed by atoms with Crippen molar-refractivity contribution in [2.75, 3.05) is 17.2 Å². The van der Waals surface area contributed by atoms with E-state index in [1.54, 1.807) is 38.1 Å². The normalized spacial score (nSPS) is 15.2. The molecule has 1 aromatic heterocycles. The van der Waals surface area contributed by atoms with Gasteiger partial charge in [-0.1, -0.05) is 24.6 Å². The van der Waals surface area contributed by atoms with Gasteiger partial charge < -0.3 is 20.1 Å². The number of carbonyl (C=O) groups excluding carboxylic acids is 3. The molecule has 0 spiro atoms. The number of anilines is 2. The van der Waals surface area contributed by atoms with Crippen molar-refractivity contribution in [2.24, 2.45) is 5.92 Å². The van der Waals surface area contributed by atoms with Gasteiger partial charge in [-0.2, -0.15) is 0 Å². The maximum Gasteiger partial charge on any atom is 0.341 e. The number of nitrogens with one attached hydrogen (secondary N) is 2. The molecule has 2 amide bonds. The first-order valence-corrected chi connectivity index (χ1v) is 13.8. The highest BCUT2D eigenvalue weighted by Crippen LogP contribution is 2.40. The number of carbonyl (C=O) groups is 3. The number of hydrogen-bond acceptors (Lipinski definition) is 6. The number of rotatable bonds is 8. The predicted molar refractivity (Wildman–Crippen MR) is 150 cm³/mol. The molecule has 7 nitrogen and oxygen atoms in total. The minimum absolute atomic E-state index is 0.263. The largest absolute Gasteiger partial charge is 0.481 e. The summed E-state index contributed by atoms with van der Waals surface area (Å²) in [6.45, 7) is 9.87. The van der Waals surface area contributed by atoms with Crippen LogP contribution in [0.3, 0.4) is 0 Å². The summed E-state index contributed by atoms with van der Waals surface area (Å²) in [5, 5.41) is 6.36. The fourth-order valence-electron chi connectivity index (χ4n) is 4.56. The Hall–Kier alpha value is -3.65. The Morgan fingerprint density at radius 1 is 1.08 bits per heavy atom. The first kappa shape index (κ1) is 27.4. The predicted octanol–water partition coefficient (Wildman–Crippen LogP) is 6.32. The van der Waals surface area contributed by atoms with Crippen LogP contribution in [0.15, 0.2) is 42.5 Å². The molecule has 0 radical (unpaired) electrons. The van der Waals surface area contributed by atoms with E-state index in [1.807, 2.05) is 32.0 Å². The van der Waals surface area contributed by atoms with Crippen molar-refractivity contribution < 1.29 is 23.9 Å². The highest BCUT2D eigenvalue weighted by molar-refractivity contribution is 7.17. The molecule has 38 heavy (non-hydrogen) atoms. The lowest BCUT2D eigenvalue weighted by atomic mass is 9.88. The van der Waals surface area contributed by atoms with Gasteiger partial charge in [-0.05, 0) is 94.3 Å². The standard InChI is InChI=1S/C30H34N2O5S/c1-6-36-30(35)26-23-13-7-18(3)16-25(23)38-29(26)32-28(34)21-9-11-22(12-10-21)37-20(5)27(33)31-24-14-8-17(2)15-19(24)4/h8-12,14-15,18,20H,6-7,13,16H2,1-5H3,(H,31,33)(H,32,34)/t18-,20+/m0/s1. The SMILES string of the molecule is CCOC(=O)c1c(NC(=O)c2ccc(O[C@H](C)C(=O)Nc3ccc(C)cc3C)cc2)sc2c1CC[C@H](C)C2. The number of thiophene rings is 1. The van der Waals surface area contributed by atoms with Crippen LogP contribution in [0, 0.1) is 19.8 Å². The maximum absolute atomic E-state index is 13.1. The van der Waals surface area contributed by atoms with Crippen LogP contribution in [-0.2, 0) is 22.4 Å². The smallest absolute Gasteiger partial charge is 0.341 e. The first-order chi connectivity index (χ1) is 18.2. The summed E-state index contributed by atoms with van der Waals surface area (Å²) >= 11 is 1.46. The average Bonchev–Trinajstić information content (AvgIpc) is 3.22. The van der Waals surface area contributed by atoms with Gasteiger partial charge in [0.1, 0.15) is 10.8 Å². The zero-order valence-electron chi connectivity index (χ0n) is 22.5. The molecular weight excluding hydrogens is 500 g/mol. The molecule has 0 aliphatic heterocycles. The average molecular weight is 535 g/mol. The third-order valence-corrected chi connectivity index (χ3v) is 7.83. The van der Waals surface area contributed by atoms with Crippen molar-refractivity contribution in [3.63, 3.8) is 0 Å². The van der Waals surface area contributed by atoms with Gasteiger partial charge in [0.2, 0.25) is 0 Å². The van der Waals surface area contributed by atoms with Crippen LogP contribution in [0.2, 0.25) is 0 Å². The molecule has 0 fully saturated rings. The fraction of sp³-hybridized carbons (Fsp3) is 0.367. The number of benzene rings is 2. The summed E-state index contributed by atoms with van der Waals surface area (Å²) in [4.78, 5) is 39.6. The van der Waals surface area contributed by atoms with Crippen LogP contribution in [0.5, 0.6) is 5.75 Å². The van der Waals surface area contributed by atoms with Gasteiger partial charge in [0.05, 0.1) is 12.2 Å². The molecule has 1 aliphatic rings. The van der Waals surface area contributed by atoms with E-state index in [1.165, 1.54) is 11.3 Å². The lowest BCUT2D eigenvalue weighted by Crippen LogP contribution is -2.30. The highest BCUT2D eigenvalue weighted by Gasteiger charge is 2.29. The van der Waals surface area contributed by atoms with E-state index in [4.69, 9.17) is 9.47 Å². The van der Waals surface area contributed by atoms with Gasteiger partial charge in [0.15, 0.2) is 6.10 Å². The van der Waals surface area contributed by atoms with E-state index in [2.05, 4.69) is 17.6 Å². The van der Waals surface area contributed by atoms with Crippen LogP contribution in [-0.4, -0.2) is 30.5 Å². The van der Waals surface area contributed by atoms with E-state index >= 15 is 0 Å². The van der Waals surface area contributed by atoms with Crippen LogP contribution < -0.4 is 15.4 Å². The molecule has 2 aromatic carbocycles. The zero-order valence-corrected chi connectivity index (χ0v) is 23.3. The quantitative estimate of drug-likeness (QED) is 0.330. The topological polar surface area (TPSA) is 93.7 Å². The van der Waals surface area contributed by atoms with Gasteiger partial charge in [-0.15, -0.1) is 11.3 Å². The lowest BCUT2D eigenvalue weighted by molar-refractivity contribution is -0.122. The molecule has 1 aliphatic carbocycles. The summed E-state index contributed by atoms with van der Waals surface area (Å²) in [6, 6.07) is 12.4. The number of amides is 2. The molecule has 4 rings (SSSR count). The number of aryl methyl sites for hydroxylation is 2. The van der Waals surface area contributed by atoms with Gasteiger partial charge in [0, 0.05) is 16.1 Å². The van der Waals surface area contributed by atoms with Crippen LogP contribution in [0.1, 0.15) is 69.5 Å². The second-order valence-electron chi connectivity index (χ2n) is 9.82. The molecule has 2 atom stereocenters. The zero-order chi connectivity index (χ0) is 27.4. The molecule has 1 heterocycles. The number of esters is 1. The van der Waals surface area contributed by atoms with E-state index < -0.39 is 12.1 Å². The van der Waals surface area contributed by atoms with Crippen LogP contribution in [0.25, 0.3) is 0 Å². The Labute approximate surface area is 227 Å². The van der Waals surface area contributed by atoms with Crippen molar-refractivity contribution in [3.05, 3.63) is 75.2 Å². The van der Waals surface area contributed by atoms with Gasteiger partial charge >= 0.3 is 5.97 Å².